The van der Waals surface area contributed by atoms with E-state index in [0.29, 0.717) is 22.9 Å². The molecule has 0 unspecified atom stereocenters. The summed E-state index contributed by atoms with van der Waals surface area (Å²) < 4.78 is 7.04. The van der Waals surface area contributed by atoms with Crippen LogP contribution in [0.2, 0.25) is 5.02 Å². The summed E-state index contributed by atoms with van der Waals surface area (Å²) in [6, 6.07) is 7.56. The summed E-state index contributed by atoms with van der Waals surface area (Å²) in [6.07, 6.45) is 6.87. The Balaban J connectivity index is 1.62. The standard InChI is InChI=1S/C21H18ClN3O2/c1-27-21(26)15-6-7-23-18-9-13(8-17(15)18)20-16-5-4-14(22)10-19(16)24-25(20)11-12-2-3-12/h4-7,9-10,12H,2-3,8,11H2,1H3. The summed E-state index contributed by atoms with van der Waals surface area (Å²) in [5.74, 6) is 0.369. The van der Waals surface area contributed by atoms with Gasteiger partial charge in [0.25, 0.3) is 0 Å². The van der Waals surface area contributed by atoms with Crippen molar-refractivity contribution >= 4 is 40.1 Å². The number of pyridine rings is 1. The van der Waals surface area contributed by atoms with Gasteiger partial charge in [-0.05, 0) is 60.2 Å². The zero-order valence-electron chi connectivity index (χ0n) is 14.9. The number of methoxy groups -OCH3 is 1. The predicted molar refractivity (Wildman–Crippen MR) is 105 cm³/mol. The zero-order chi connectivity index (χ0) is 18.5. The van der Waals surface area contributed by atoms with Crippen LogP contribution in [0, 0.1) is 5.92 Å². The maximum absolute atomic E-state index is 12.1. The van der Waals surface area contributed by atoms with Crippen molar-refractivity contribution in [2.75, 3.05) is 7.11 Å². The van der Waals surface area contributed by atoms with E-state index in [1.807, 2.05) is 18.2 Å². The summed E-state index contributed by atoms with van der Waals surface area (Å²) in [6.45, 7) is 0.909. The minimum absolute atomic E-state index is 0.327. The molecular formula is C21H18ClN3O2. The predicted octanol–water partition coefficient (Wildman–Crippen LogP) is 4.38. The second-order valence-corrected chi connectivity index (χ2v) is 7.63. The van der Waals surface area contributed by atoms with Gasteiger partial charge in [0.1, 0.15) is 0 Å². The fourth-order valence-electron chi connectivity index (χ4n) is 3.80. The lowest BCUT2D eigenvalue weighted by Gasteiger charge is -2.09. The van der Waals surface area contributed by atoms with E-state index in [4.69, 9.17) is 21.4 Å². The molecule has 0 bridgehead atoms. The second-order valence-electron chi connectivity index (χ2n) is 7.20. The van der Waals surface area contributed by atoms with Crippen LogP contribution in [0.15, 0.2) is 30.5 Å². The number of aromatic nitrogens is 3. The maximum atomic E-state index is 12.1. The monoisotopic (exact) mass is 379 g/mol. The number of rotatable bonds is 4. The first-order valence-electron chi connectivity index (χ1n) is 9.07. The fraction of sp³-hybridized carbons (Fsp3) is 0.286. The Bertz CT molecular complexity index is 1110. The van der Waals surface area contributed by atoms with Crippen molar-refractivity contribution in [3.63, 3.8) is 0 Å². The third kappa shape index (κ3) is 2.82. The van der Waals surface area contributed by atoms with Gasteiger partial charge in [-0.2, -0.15) is 5.10 Å². The van der Waals surface area contributed by atoms with Crippen LogP contribution in [0.3, 0.4) is 0 Å². The molecule has 0 amide bonds. The molecule has 2 aromatic heterocycles. The van der Waals surface area contributed by atoms with Crippen LogP contribution in [-0.2, 0) is 17.7 Å². The van der Waals surface area contributed by atoms with Gasteiger partial charge < -0.3 is 4.74 Å². The Morgan fingerprint density at radius 2 is 2.19 bits per heavy atom. The third-order valence-corrected chi connectivity index (χ3v) is 5.54. The van der Waals surface area contributed by atoms with E-state index >= 15 is 0 Å². The Hall–Kier alpha value is -2.66. The number of carbonyl (C=O) groups excluding carboxylic acids is 1. The van der Waals surface area contributed by atoms with Gasteiger partial charge in [0, 0.05) is 29.6 Å². The molecule has 3 aromatic rings. The highest BCUT2D eigenvalue weighted by Crippen LogP contribution is 2.38. The number of esters is 1. The smallest absolute Gasteiger partial charge is 0.338 e. The van der Waals surface area contributed by atoms with Crippen LogP contribution in [0.25, 0.3) is 22.6 Å². The normalized spacial score (nSPS) is 15.7. The van der Waals surface area contributed by atoms with Crippen molar-refractivity contribution in [2.24, 2.45) is 5.92 Å². The van der Waals surface area contributed by atoms with Crippen molar-refractivity contribution in [3.05, 3.63) is 58.0 Å². The van der Waals surface area contributed by atoms with E-state index in [1.165, 1.54) is 20.0 Å². The van der Waals surface area contributed by atoms with Crippen LogP contribution in [-0.4, -0.2) is 27.8 Å². The number of halogens is 1. The molecule has 0 aliphatic heterocycles. The molecule has 1 fully saturated rings. The molecule has 0 spiro atoms. The molecule has 0 N–H and O–H groups in total. The lowest BCUT2D eigenvalue weighted by atomic mass is 10.0. The van der Waals surface area contributed by atoms with E-state index < -0.39 is 0 Å². The number of fused-ring (bicyclic) bond motifs is 2. The van der Waals surface area contributed by atoms with Crippen LogP contribution >= 0.6 is 11.6 Å². The van der Waals surface area contributed by atoms with Crippen molar-refractivity contribution in [1.82, 2.24) is 14.8 Å². The topological polar surface area (TPSA) is 57.0 Å². The van der Waals surface area contributed by atoms with Gasteiger partial charge in [-0.1, -0.05) is 11.6 Å². The summed E-state index contributed by atoms with van der Waals surface area (Å²) >= 11 is 6.18. The minimum atomic E-state index is -0.327. The molecular weight excluding hydrogens is 362 g/mol. The van der Waals surface area contributed by atoms with Crippen LogP contribution in [0.1, 0.15) is 40.2 Å². The molecule has 1 saturated carbocycles. The van der Waals surface area contributed by atoms with Gasteiger partial charge in [-0.3, -0.25) is 9.67 Å². The van der Waals surface area contributed by atoms with Gasteiger partial charge in [-0.25, -0.2) is 4.79 Å². The first-order chi connectivity index (χ1) is 13.1. The van der Waals surface area contributed by atoms with E-state index in [9.17, 15) is 4.79 Å². The number of hydrogen-bond acceptors (Lipinski definition) is 4. The molecule has 2 heterocycles. The SMILES string of the molecule is COC(=O)c1ccnc2c1CC(c1c3ccc(Cl)cc3nn1CC1CC1)=C2. The number of ether oxygens (including phenoxy) is 1. The van der Waals surface area contributed by atoms with E-state index in [0.717, 1.165) is 40.0 Å². The summed E-state index contributed by atoms with van der Waals surface area (Å²) in [4.78, 5) is 16.6. The van der Waals surface area contributed by atoms with Gasteiger partial charge in [0.05, 0.1) is 29.6 Å². The highest BCUT2D eigenvalue weighted by molar-refractivity contribution is 6.31. The molecule has 5 nitrogen and oxygen atoms in total. The van der Waals surface area contributed by atoms with Gasteiger partial charge in [0.2, 0.25) is 0 Å². The van der Waals surface area contributed by atoms with Crippen LogP contribution < -0.4 is 0 Å². The lowest BCUT2D eigenvalue weighted by Crippen LogP contribution is -2.08. The molecule has 0 radical (unpaired) electrons. The van der Waals surface area contributed by atoms with Crippen LogP contribution in [0.4, 0.5) is 0 Å². The zero-order valence-corrected chi connectivity index (χ0v) is 15.7. The van der Waals surface area contributed by atoms with Gasteiger partial charge in [0.15, 0.2) is 0 Å². The van der Waals surface area contributed by atoms with Crippen molar-refractivity contribution in [2.45, 2.75) is 25.8 Å². The fourth-order valence-corrected chi connectivity index (χ4v) is 3.97. The average molecular weight is 380 g/mol. The maximum Gasteiger partial charge on any atom is 0.338 e. The molecule has 2 aliphatic rings. The van der Waals surface area contributed by atoms with Crippen molar-refractivity contribution < 1.29 is 9.53 Å². The largest absolute Gasteiger partial charge is 0.465 e. The van der Waals surface area contributed by atoms with E-state index in [1.54, 1.807) is 12.3 Å². The molecule has 5 rings (SSSR count). The van der Waals surface area contributed by atoms with Gasteiger partial charge in [-0.15, -0.1) is 0 Å². The first kappa shape index (κ1) is 16.5. The third-order valence-electron chi connectivity index (χ3n) is 5.31. The molecule has 2 aliphatic carbocycles. The molecule has 0 atom stereocenters. The Morgan fingerprint density at radius 1 is 1.33 bits per heavy atom. The number of carbonyl (C=O) groups is 1. The van der Waals surface area contributed by atoms with E-state index in [-0.39, 0.29) is 5.97 Å². The molecule has 0 saturated heterocycles. The summed E-state index contributed by atoms with van der Waals surface area (Å²) in [7, 11) is 1.40. The Morgan fingerprint density at radius 3 is 2.96 bits per heavy atom. The second kappa shape index (κ2) is 6.20. The summed E-state index contributed by atoms with van der Waals surface area (Å²) in [5, 5.41) is 6.58. The number of allylic oxidation sites excluding steroid dienone is 1. The lowest BCUT2D eigenvalue weighted by molar-refractivity contribution is 0.0599. The number of nitrogens with zero attached hydrogens (tertiary/aromatic N) is 3. The molecule has 1 aromatic carbocycles. The highest BCUT2D eigenvalue weighted by atomic mass is 35.5. The quantitative estimate of drug-likeness (QED) is 0.631. The Kier molecular flexibility index (Phi) is 3.79. The highest BCUT2D eigenvalue weighted by Gasteiger charge is 2.28. The van der Waals surface area contributed by atoms with E-state index in [2.05, 4.69) is 15.7 Å². The average Bonchev–Trinajstić information content (AvgIpc) is 3.26. The van der Waals surface area contributed by atoms with Gasteiger partial charge >= 0.3 is 5.97 Å². The number of hydrogen-bond donors (Lipinski definition) is 0. The van der Waals surface area contributed by atoms with Crippen molar-refractivity contribution in [3.8, 4) is 0 Å². The molecule has 136 valence electrons. The molecule has 27 heavy (non-hydrogen) atoms. The van der Waals surface area contributed by atoms with Crippen LogP contribution in [0.5, 0.6) is 0 Å². The minimum Gasteiger partial charge on any atom is -0.465 e. The summed E-state index contributed by atoms with van der Waals surface area (Å²) in [5.41, 5.74) is 5.45. The Labute approximate surface area is 161 Å². The number of benzene rings is 1. The van der Waals surface area contributed by atoms with Crippen molar-refractivity contribution in [1.29, 1.82) is 0 Å². The first-order valence-corrected chi connectivity index (χ1v) is 9.45. The molecule has 6 heteroatoms.